The highest BCUT2D eigenvalue weighted by molar-refractivity contribution is 6.13. The van der Waals surface area contributed by atoms with Gasteiger partial charge in [0.05, 0.1) is 5.69 Å². The quantitative estimate of drug-likeness (QED) is 0.472. The number of carbonyl (C=O) groups is 1. The summed E-state index contributed by atoms with van der Waals surface area (Å²) in [6.07, 6.45) is 2.89. The van der Waals surface area contributed by atoms with E-state index in [9.17, 15) is 4.79 Å². The SMILES string of the molecule is CCN(CC)CCCNc1ccc(N=CC2C(=O)Nc3cccc(C)c32)cc1C. The lowest BCUT2D eigenvalue weighted by atomic mass is 9.97. The zero-order chi connectivity index (χ0) is 20.8. The second-order valence-electron chi connectivity index (χ2n) is 7.59. The molecule has 5 heteroatoms. The molecule has 0 fully saturated rings. The number of amides is 1. The van der Waals surface area contributed by atoms with E-state index in [2.05, 4.69) is 53.4 Å². The Morgan fingerprint density at radius 2 is 1.93 bits per heavy atom. The van der Waals surface area contributed by atoms with Crippen LogP contribution in [0.15, 0.2) is 41.4 Å². The highest BCUT2D eigenvalue weighted by atomic mass is 16.2. The largest absolute Gasteiger partial charge is 0.385 e. The molecule has 0 spiro atoms. The van der Waals surface area contributed by atoms with E-state index in [4.69, 9.17) is 0 Å². The normalized spacial score (nSPS) is 15.8. The van der Waals surface area contributed by atoms with Crippen molar-refractivity contribution in [1.82, 2.24) is 4.90 Å². The monoisotopic (exact) mass is 392 g/mol. The maximum absolute atomic E-state index is 12.3. The van der Waals surface area contributed by atoms with Crippen molar-refractivity contribution in [2.75, 3.05) is 36.8 Å². The van der Waals surface area contributed by atoms with E-state index in [0.29, 0.717) is 0 Å². The van der Waals surface area contributed by atoms with Crippen molar-refractivity contribution in [3.63, 3.8) is 0 Å². The minimum Gasteiger partial charge on any atom is -0.385 e. The average Bonchev–Trinajstić information content (AvgIpc) is 3.04. The average molecular weight is 393 g/mol. The number of aliphatic imine (C=N–C) groups is 1. The molecule has 0 saturated heterocycles. The molecule has 154 valence electrons. The van der Waals surface area contributed by atoms with Gasteiger partial charge in [-0.05, 0) is 80.9 Å². The number of nitrogens with one attached hydrogen (secondary N) is 2. The Labute approximate surface area is 174 Å². The van der Waals surface area contributed by atoms with Gasteiger partial charge in [-0.1, -0.05) is 26.0 Å². The number of rotatable bonds is 9. The van der Waals surface area contributed by atoms with Gasteiger partial charge in [0.25, 0.3) is 0 Å². The molecule has 5 nitrogen and oxygen atoms in total. The van der Waals surface area contributed by atoms with Gasteiger partial charge in [-0.15, -0.1) is 0 Å². The summed E-state index contributed by atoms with van der Waals surface area (Å²) in [6, 6.07) is 12.1. The van der Waals surface area contributed by atoms with Crippen LogP contribution < -0.4 is 10.6 Å². The Kier molecular flexibility index (Phi) is 7.04. The lowest BCUT2D eigenvalue weighted by Crippen LogP contribution is -2.25. The summed E-state index contributed by atoms with van der Waals surface area (Å²) in [4.78, 5) is 19.4. The number of hydrogen-bond acceptors (Lipinski definition) is 4. The maximum Gasteiger partial charge on any atom is 0.237 e. The van der Waals surface area contributed by atoms with Crippen LogP contribution in [0.1, 0.15) is 42.9 Å². The van der Waals surface area contributed by atoms with Gasteiger partial charge in [-0.3, -0.25) is 9.79 Å². The summed E-state index contributed by atoms with van der Waals surface area (Å²) in [5.74, 6) is -0.342. The van der Waals surface area contributed by atoms with Gasteiger partial charge in [0, 0.05) is 24.1 Å². The molecular formula is C24H32N4O. The first-order valence-electron chi connectivity index (χ1n) is 10.5. The van der Waals surface area contributed by atoms with E-state index in [0.717, 1.165) is 66.4 Å². The first-order valence-corrected chi connectivity index (χ1v) is 10.5. The topological polar surface area (TPSA) is 56.7 Å². The van der Waals surface area contributed by atoms with Gasteiger partial charge in [-0.2, -0.15) is 0 Å². The molecule has 1 amide bonds. The number of hydrogen-bond donors (Lipinski definition) is 2. The van der Waals surface area contributed by atoms with Crippen molar-refractivity contribution in [1.29, 1.82) is 0 Å². The fraction of sp³-hybridized carbons (Fsp3) is 0.417. The number of aryl methyl sites for hydroxylation is 2. The fourth-order valence-electron chi connectivity index (χ4n) is 3.84. The summed E-state index contributed by atoms with van der Waals surface area (Å²) in [6.45, 7) is 12.8. The van der Waals surface area contributed by atoms with Gasteiger partial charge in [-0.25, -0.2) is 0 Å². The number of fused-ring (bicyclic) bond motifs is 1. The van der Waals surface area contributed by atoms with E-state index in [1.54, 1.807) is 6.21 Å². The second kappa shape index (κ2) is 9.70. The summed E-state index contributed by atoms with van der Waals surface area (Å²) in [7, 11) is 0. The van der Waals surface area contributed by atoms with Crippen LogP contribution in [-0.2, 0) is 4.79 Å². The summed E-state index contributed by atoms with van der Waals surface area (Å²) >= 11 is 0. The van der Waals surface area contributed by atoms with Crippen molar-refractivity contribution in [2.45, 2.75) is 40.0 Å². The highest BCUT2D eigenvalue weighted by Crippen LogP contribution is 2.34. The molecule has 1 aliphatic heterocycles. The van der Waals surface area contributed by atoms with Gasteiger partial charge < -0.3 is 15.5 Å². The Bertz CT molecular complexity index is 886. The van der Waals surface area contributed by atoms with Gasteiger partial charge in [0.2, 0.25) is 5.91 Å². The highest BCUT2D eigenvalue weighted by Gasteiger charge is 2.30. The molecule has 0 bridgehead atoms. The number of benzene rings is 2. The van der Waals surface area contributed by atoms with E-state index in [1.165, 1.54) is 0 Å². The maximum atomic E-state index is 12.3. The molecule has 0 saturated carbocycles. The minimum atomic E-state index is -0.329. The third kappa shape index (κ3) is 5.04. The Balaban J connectivity index is 1.62. The predicted molar refractivity (Wildman–Crippen MR) is 123 cm³/mol. The predicted octanol–water partition coefficient (Wildman–Crippen LogP) is 4.89. The summed E-state index contributed by atoms with van der Waals surface area (Å²) in [5, 5.41) is 6.47. The van der Waals surface area contributed by atoms with E-state index in [1.807, 2.05) is 31.2 Å². The van der Waals surface area contributed by atoms with E-state index >= 15 is 0 Å². The van der Waals surface area contributed by atoms with Crippen molar-refractivity contribution in [2.24, 2.45) is 4.99 Å². The molecule has 2 aromatic carbocycles. The molecule has 0 aromatic heterocycles. The zero-order valence-electron chi connectivity index (χ0n) is 18.0. The van der Waals surface area contributed by atoms with Crippen LogP contribution in [0, 0.1) is 13.8 Å². The zero-order valence-corrected chi connectivity index (χ0v) is 18.0. The van der Waals surface area contributed by atoms with E-state index < -0.39 is 0 Å². The van der Waals surface area contributed by atoms with Gasteiger partial charge >= 0.3 is 0 Å². The number of carbonyl (C=O) groups excluding carboxylic acids is 1. The summed E-state index contributed by atoms with van der Waals surface area (Å²) in [5.41, 5.74) is 6.21. The van der Waals surface area contributed by atoms with Crippen LogP contribution in [0.3, 0.4) is 0 Å². The Morgan fingerprint density at radius 1 is 1.14 bits per heavy atom. The van der Waals surface area contributed by atoms with Crippen LogP contribution in [0.25, 0.3) is 0 Å². The van der Waals surface area contributed by atoms with Crippen LogP contribution in [0.5, 0.6) is 0 Å². The van der Waals surface area contributed by atoms with Crippen molar-refractivity contribution >= 4 is 29.2 Å². The molecule has 1 heterocycles. The second-order valence-corrected chi connectivity index (χ2v) is 7.59. The molecule has 3 rings (SSSR count). The van der Waals surface area contributed by atoms with E-state index in [-0.39, 0.29) is 11.8 Å². The molecule has 2 aromatic rings. The third-order valence-electron chi connectivity index (χ3n) is 5.62. The molecular weight excluding hydrogens is 360 g/mol. The van der Waals surface area contributed by atoms with Crippen LogP contribution in [0.2, 0.25) is 0 Å². The number of anilines is 2. The molecule has 1 aliphatic rings. The molecule has 1 atom stereocenters. The smallest absolute Gasteiger partial charge is 0.237 e. The first-order chi connectivity index (χ1) is 14.0. The summed E-state index contributed by atoms with van der Waals surface area (Å²) < 4.78 is 0. The fourth-order valence-corrected chi connectivity index (χ4v) is 3.84. The molecule has 29 heavy (non-hydrogen) atoms. The van der Waals surface area contributed by atoms with Crippen LogP contribution in [-0.4, -0.2) is 43.2 Å². The third-order valence-corrected chi connectivity index (χ3v) is 5.62. The van der Waals surface area contributed by atoms with Gasteiger partial charge in [0.15, 0.2) is 0 Å². The standard InChI is InChI=1S/C24H32N4O/c1-5-28(6-2)14-8-13-25-21-12-11-19(15-18(21)4)26-16-20-23-17(3)9-7-10-22(23)27-24(20)29/h7,9-12,15-16,20,25H,5-6,8,13-14H2,1-4H3,(H,27,29). The van der Waals surface area contributed by atoms with Crippen LogP contribution >= 0.6 is 0 Å². The Morgan fingerprint density at radius 3 is 2.66 bits per heavy atom. The molecule has 0 aliphatic carbocycles. The van der Waals surface area contributed by atoms with Crippen molar-refractivity contribution < 1.29 is 4.79 Å². The molecule has 0 radical (unpaired) electrons. The first kappa shape index (κ1) is 21.1. The Hall–Kier alpha value is -2.66. The van der Waals surface area contributed by atoms with Crippen molar-refractivity contribution in [3.8, 4) is 0 Å². The number of nitrogens with zero attached hydrogens (tertiary/aromatic N) is 2. The lowest BCUT2D eigenvalue weighted by molar-refractivity contribution is -0.115. The molecule has 2 N–H and O–H groups in total. The molecule has 1 unspecified atom stereocenters. The minimum absolute atomic E-state index is 0.0127. The lowest BCUT2D eigenvalue weighted by Gasteiger charge is -2.18. The van der Waals surface area contributed by atoms with Crippen LogP contribution in [0.4, 0.5) is 17.1 Å². The van der Waals surface area contributed by atoms with Crippen molar-refractivity contribution in [3.05, 3.63) is 53.1 Å². The van der Waals surface area contributed by atoms with Gasteiger partial charge in [0.1, 0.15) is 5.92 Å².